The molecule has 0 aliphatic heterocycles. The molecule has 4 heteroatoms. The predicted octanol–water partition coefficient (Wildman–Crippen LogP) is 3.59. The van der Waals surface area contributed by atoms with E-state index in [0.29, 0.717) is 0 Å². The van der Waals surface area contributed by atoms with Crippen molar-refractivity contribution >= 4 is 11.3 Å². The second kappa shape index (κ2) is 7.43. The Bertz CT molecular complexity index is 525. The summed E-state index contributed by atoms with van der Waals surface area (Å²) in [6.45, 7) is 2.09. The minimum absolute atomic E-state index is 0.129. The largest absolute Gasteiger partial charge is 0.496 e. The lowest BCUT2D eigenvalue weighted by Crippen LogP contribution is -2.28. The van der Waals surface area contributed by atoms with Gasteiger partial charge in [0.05, 0.1) is 7.11 Å². The van der Waals surface area contributed by atoms with Gasteiger partial charge in [-0.3, -0.25) is 11.3 Å². The third kappa shape index (κ3) is 3.82. The number of methoxy groups -OCH3 is 1. The first-order chi connectivity index (χ1) is 9.74. The molecule has 0 amide bonds. The number of nitrogens with two attached hydrogens (primary N) is 1. The van der Waals surface area contributed by atoms with E-state index in [2.05, 4.69) is 42.0 Å². The predicted molar refractivity (Wildman–Crippen MR) is 85.1 cm³/mol. The molecule has 0 aliphatic carbocycles. The molecule has 0 radical (unpaired) electrons. The highest BCUT2D eigenvalue weighted by atomic mass is 32.1. The van der Waals surface area contributed by atoms with Gasteiger partial charge in [0.25, 0.3) is 0 Å². The average Bonchev–Trinajstić information content (AvgIpc) is 2.97. The number of hydrazine groups is 1. The lowest BCUT2D eigenvalue weighted by Gasteiger charge is -2.19. The van der Waals surface area contributed by atoms with Crippen molar-refractivity contribution in [2.75, 3.05) is 7.11 Å². The van der Waals surface area contributed by atoms with Crippen LogP contribution in [-0.2, 0) is 6.42 Å². The van der Waals surface area contributed by atoms with E-state index in [9.17, 15) is 0 Å². The summed E-state index contributed by atoms with van der Waals surface area (Å²) in [4.78, 5) is 1.43. The third-order valence-electron chi connectivity index (χ3n) is 3.46. The minimum Gasteiger partial charge on any atom is -0.496 e. The fraction of sp³-hybridized carbons (Fsp3) is 0.375. The first-order valence-electron chi connectivity index (χ1n) is 6.87. The zero-order chi connectivity index (χ0) is 14.4. The maximum absolute atomic E-state index is 5.73. The normalized spacial score (nSPS) is 12.3. The van der Waals surface area contributed by atoms with Crippen molar-refractivity contribution in [3.05, 3.63) is 51.7 Å². The van der Waals surface area contributed by atoms with Crippen LogP contribution in [0.4, 0.5) is 0 Å². The average molecular weight is 290 g/mol. The van der Waals surface area contributed by atoms with Crippen LogP contribution in [0.25, 0.3) is 0 Å². The van der Waals surface area contributed by atoms with Crippen molar-refractivity contribution in [2.45, 2.75) is 32.2 Å². The van der Waals surface area contributed by atoms with Crippen molar-refractivity contribution in [2.24, 2.45) is 5.84 Å². The Hall–Kier alpha value is -1.36. The standard InChI is InChI=1S/C16H22N2OS/c1-12-8-9-16(19-2)14(11-12)15(18-17)7-3-5-13-6-4-10-20-13/h4,6,8-11,15,18H,3,5,7,17H2,1-2H3. The number of hydrogen-bond acceptors (Lipinski definition) is 4. The van der Waals surface area contributed by atoms with E-state index in [-0.39, 0.29) is 6.04 Å². The molecule has 20 heavy (non-hydrogen) atoms. The van der Waals surface area contributed by atoms with Crippen molar-refractivity contribution in [1.82, 2.24) is 5.43 Å². The van der Waals surface area contributed by atoms with Crippen LogP contribution in [0.5, 0.6) is 5.75 Å². The van der Waals surface area contributed by atoms with Gasteiger partial charge in [-0.05, 0) is 43.7 Å². The van der Waals surface area contributed by atoms with Crippen LogP contribution in [0.1, 0.15) is 34.9 Å². The summed E-state index contributed by atoms with van der Waals surface area (Å²) >= 11 is 1.81. The van der Waals surface area contributed by atoms with E-state index in [0.717, 1.165) is 30.6 Å². The molecule has 2 aromatic rings. The first kappa shape index (κ1) is 15.0. The molecule has 2 rings (SSSR count). The van der Waals surface area contributed by atoms with Crippen LogP contribution in [0.15, 0.2) is 35.7 Å². The van der Waals surface area contributed by atoms with Crippen LogP contribution in [0.3, 0.4) is 0 Å². The Morgan fingerprint density at radius 3 is 2.85 bits per heavy atom. The summed E-state index contributed by atoms with van der Waals surface area (Å²) < 4.78 is 5.44. The maximum Gasteiger partial charge on any atom is 0.123 e. The van der Waals surface area contributed by atoms with E-state index in [1.54, 1.807) is 7.11 Å². The molecule has 3 nitrogen and oxygen atoms in total. The number of nitrogens with one attached hydrogen (secondary N) is 1. The second-order valence-electron chi connectivity index (χ2n) is 4.94. The molecule has 1 heterocycles. The highest BCUT2D eigenvalue weighted by molar-refractivity contribution is 7.09. The summed E-state index contributed by atoms with van der Waals surface area (Å²) in [5, 5.41) is 2.12. The number of aryl methyl sites for hydroxylation is 2. The number of hydrogen-bond donors (Lipinski definition) is 2. The molecular weight excluding hydrogens is 268 g/mol. The van der Waals surface area contributed by atoms with Gasteiger partial charge in [-0.2, -0.15) is 0 Å². The Labute approximate surface area is 124 Å². The van der Waals surface area contributed by atoms with Gasteiger partial charge in [-0.15, -0.1) is 11.3 Å². The molecule has 0 fully saturated rings. The molecule has 1 aromatic carbocycles. The fourth-order valence-corrected chi connectivity index (χ4v) is 3.14. The summed E-state index contributed by atoms with van der Waals surface area (Å²) in [6.07, 6.45) is 3.20. The van der Waals surface area contributed by atoms with E-state index in [1.165, 1.54) is 10.4 Å². The molecule has 1 aromatic heterocycles. The van der Waals surface area contributed by atoms with Crippen LogP contribution < -0.4 is 16.0 Å². The molecule has 0 spiro atoms. The molecule has 1 atom stereocenters. The smallest absolute Gasteiger partial charge is 0.123 e. The molecule has 0 bridgehead atoms. The Morgan fingerprint density at radius 1 is 1.35 bits per heavy atom. The van der Waals surface area contributed by atoms with E-state index in [1.807, 2.05) is 17.4 Å². The van der Waals surface area contributed by atoms with E-state index < -0.39 is 0 Å². The van der Waals surface area contributed by atoms with Crippen molar-refractivity contribution in [3.63, 3.8) is 0 Å². The van der Waals surface area contributed by atoms with Gasteiger partial charge in [0.1, 0.15) is 5.75 Å². The highest BCUT2D eigenvalue weighted by Crippen LogP contribution is 2.29. The Balaban J connectivity index is 2.02. The molecule has 0 saturated carbocycles. The summed E-state index contributed by atoms with van der Waals surface area (Å²) in [5.74, 6) is 6.63. The number of thiophene rings is 1. The van der Waals surface area contributed by atoms with Gasteiger partial charge in [0.2, 0.25) is 0 Å². The van der Waals surface area contributed by atoms with Crippen molar-refractivity contribution in [1.29, 1.82) is 0 Å². The minimum atomic E-state index is 0.129. The maximum atomic E-state index is 5.73. The Kier molecular flexibility index (Phi) is 5.59. The second-order valence-corrected chi connectivity index (χ2v) is 5.97. The number of rotatable bonds is 7. The zero-order valence-electron chi connectivity index (χ0n) is 12.1. The number of benzene rings is 1. The van der Waals surface area contributed by atoms with Crippen molar-refractivity contribution in [3.8, 4) is 5.75 Å². The van der Waals surface area contributed by atoms with Crippen LogP contribution >= 0.6 is 11.3 Å². The summed E-state index contributed by atoms with van der Waals surface area (Å²) in [7, 11) is 1.70. The van der Waals surface area contributed by atoms with Gasteiger partial charge < -0.3 is 4.74 Å². The van der Waals surface area contributed by atoms with E-state index in [4.69, 9.17) is 10.6 Å². The molecule has 3 N–H and O–H groups in total. The monoisotopic (exact) mass is 290 g/mol. The Morgan fingerprint density at radius 2 is 2.20 bits per heavy atom. The molecule has 1 unspecified atom stereocenters. The number of ether oxygens (including phenoxy) is 1. The lowest BCUT2D eigenvalue weighted by molar-refractivity contribution is 0.394. The molecule has 0 aliphatic rings. The summed E-state index contributed by atoms with van der Waals surface area (Å²) in [6, 6.07) is 10.6. The third-order valence-corrected chi connectivity index (χ3v) is 4.39. The SMILES string of the molecule is COc1ccc(C)cc1C(CCCc1cccs1)NN. The van der Waals surface area contributed by atoms with E-state index >= 15 is 0 Å². The van der Waals surface area contributed by atoms with Gasteiger partial charge in [0.15, 0.2) is 0 Å². The van der Waals surface area contributed by atoms with Crippen LogP contribution in [0, 0.1) is 6.92 Å². The molecular formula is C16H22N2OS. The lowest BCUT2D eigenvalue weighted by atomic mass is 9.98. The van der Waals surface area contributed by atoms with Gasteiger partial charge >= 0.3 is 0 Å². The van der Waals surface area contributed by atoms with Crippen molar-refractivity contribution < 1.29 is 4.74 Å². The van der Waals surface area contributed by atoms with Gasteiger partial charge in [-0.1, -0.05) is 23.8 Å². The highest BCUT2D eigenvalue weighted by Gasteiger charge is 2.14. The first-order valence-corrected chi connectivity index (χ1v) is 7.75. The van der Waals surface area contributed by atoms with Gasteiger partial charge in [-0.25, -0.2) is 0 Å². The van der Waals surface area contributed by atoms with Crippen LogP contribution in [-0.4, -0.2) is 7.11 Å². The molecule has 0 saturated heterocycles. The van der Waals surface area contributed by atoms with Crippen LogP contribution in [0.2, 0.25) is 0 Å². The topological polar surface area (TPSA) is 47.3 Å². The van der Waals surface area contributed by atoms with Gasteiger partial charge in [0, 0.05) is 16.5 Å². The molecule has 108 valence electrons. The zero-order valence-corrected chi connectivity index (χ0v) is 12.9. The summed E-state index contributed by atoms with van der Waals surface area (Å²) in [5.41, 5.74) is 5.29. The fourth-order valence-electron chi connectivity index (χ4n) is 2.39. The quantitative estimate of drug-likeness (QED) is 0.605.